The van der Waals surface area contributed by atoms with Crippen LogP contribution in [0.4, 0.5) is 0 Å². The second kappa shape index (κ2) is 4.62. The predicted molar refractivity (Wildman–Crippen MR) is 54.4 cm³/mol. The van der Waals surface area contributed by atoms with Crippen LogP contribution in [-0.2, 0) is 11.2 Å². The van der Waals surface area contributed by atoms with Crippen molar-refractivity contribution in [3.05, 3.63) is 20.8 Å². The molecule has 2 nitrogen and oxygen atoms in total. The predicted octanol–water partition coefficient (Wildman–Crippen LogP) is 2.19. The standard InChI is InChI=1S/C8H10BrNOS/c1-2-10-8(11)3-6-4-12-5-7(6)9/h4-5H,2-3H2,1H3,(H,10,11). The number of thiophene rings is 1. The molecule has 4 heteroatoms. The summed E-state index contributed by atoms with van der Waals surface area (Å²) in [6.45, 7) is 2.61. The molecule has 0 aliphatic carbocycles. The number of likely N-dealkylation sites (N-methyl/N-ethyl adjacent to an activating group) is 1. The van der Waals surface area contributed by atoms with Gasteiger partial charge in [-0.3, -0.25) is 4.79 Å². The van der Waals surface area contributed by atoms with Crippen LogP contribution in [0.2, 0.25) is 0 Å². The third-order valence-corrected chi connectivity index (χ3v) is 3.25. The normalized spacial score (nSPS) is 9.83. The van der Waals surface area contributed by atoms with Crippen LogP contribution in [0.3, 0.4) is 0 Å². The third-order valence-electron chi connectivity index (χ3n) is 1.41. The largest absolute Gasteiger partial charge is 0.356 e. The maximum Gasteiger partial charge on any atom is 0.224 e. The molecule has 12 heavy (non-hydrogen) atoms. The van der Waals surface area contributed by atoms with E-state index >= 15 is 0 Å². The Hall–Kier alpha value is -0.350. The second-order valence-electron chi connectivity index (χ2n) is 2.38. The van der Waals surface area contributed by atoms with E-state index in [-0.39, 0.29) is 5.91 Å². The van der Waals surface area contributed by atoms with Crippen molar-refractivity contribution in [2.24, 2.45) is 0 Å². The van der Waals surface area contributed by atoms with Crippen molar-refractivity contribution in [3.8, 4) is 0 Å². The summed E-state index contributed by atoms with van der Waals surface area (Å²) < 4.78 is 1.03. The Morgan fingerprint density at radius 3 is 2.92 bits per heavy atom. The number of carbonyl (C=O) groups excluding carboxylic acids is 1. The fraction of sp³-hybridized carbons (Fsp3) is 0.375. The molecule has 1 heterocycles. The molecule has 0 aromatic carbocycles. The molecule has 0 fully saturated rings. The number of hydrogen-bond acceptors (Lipinski definition) is 2. The summed E-state index contributed by atoms with van der Waals surface area (Å²) in [5, 5.41) is 6.72. The van der Waals surface area contributed by atoms with Gasteiger partial charge in [-0.2, -0.15) is 11.3 Å². The van der Waals surface area contributed by atoms with Gasteiger partial charge in [0.2, 0.25) is 5.91 Å². The number of amides is 1. The van der Waals surface area contributed by atoms with Crippen molar-refractivity contribution in [2.75, 3.05) is 6.54 Å². The SMILES string of the molecule is CCNC(=O)Cc1cscc1Br. The highest BCUT2D eigenvalue weighted by atomic mass is 79.9. The first-order valence-corrected chi connectivity index (χ1v) is 5.45. The van der Waals surface area contributed by atoms with E-state index in [9.17, 15) is 4.79 Å². The van der Waals surface area contributed by atoms with Crippen LogP contribution in [0.25, 0.3) is 0 Å². The molecule has 1 aromatic heterocycles. The Bertz CT molecular complexity index is 272. The summed E-state index contributed by atoms with van der Waals surface area (Å²) in [5.41, 5.74) is 1.06. The molecular formula is C8H10BrNOS. The van der Waals surface area contributed by atoms with Gasteiger partial charge in [-0.15, -0.1) is 0 Å². The van der Waals surface area contributed by atoms with E-state index in [4.69, 9.17) is 0 Å². The average molecular weight is 248 g/mol. The van der Waals surface area contributed by atoms with Crippen molar-refractivity contribution in [1.29, 1.82) is 0 Å². The van der Waals surface area contributed by atoms with E-state index in [1.165, 1.54) is 0 Å². The molecule has 0 aliphatic rings. The molecule has 66 valence electrons. The molecule has 0 unspecified atom stereocenters. The lowest BCUT2D eigenvalue weighted by atomic mass is 10.2. The summed E-state index contributed by atoms with van der Waals surface area (Å²) in [6, 6.07) is 0. The second-order valence-corrected chi connectivity index (χ2v) is 3.97. The van der Waals surface area contributed by atoms with Crippen LogP contribution < -0.4 is 5.32 Å². The Morgan fingerprint density at radius 1 is 1.67 bits per heavy atom. The first kappa shape index (κ1) is 9.74. The van der Waals surface area contributed by atoms with E-state index in [0.717, 1.165) is 10.0 Å². The number of halogens is 1. The Labute approximate surface area is 84.1 Å². The summed E-state index contributed by atoms with van der Waals surface area (Å²) in [4.78, 5) is 11.1. The lowest BCUT2D eigenvalue weighted by Gasteiger charge is -1.99. The van der Waals surface area contributed by atoms with Crippen LogP contribution in [0.1, 0.15) is 12.5 Å². The molecule has 1 N–H and O–H groups in total. The molecule has 1 amide bonds. The number of carbonyl (C=O) groups is 1. The van der Waals surface area contributed by atoms with Gasteiger partial charge in [-0.25, -0.2) is 0 Å². The molecule has 0 saturated carbocycles. The maximum absolute atomic E-state index is 11.1. The number of hydrogen-bond donors (Lipinski definition) is 1. The zero-order valence-corrected chi connectivity index (χ0v) is 9.17. The summed E-state index contributed by atoms with van der Waals surface area (Å²) in [6.07, 6.45) is 0.470. The molecule has 0 radical (unpaired) electrons. The molecule has 0 atom stereocenters. The monoisotopic (exact) mass is 247 g/mol. The van der Waals surface area contributed by atoms with Crippen molar-refractivity contribution in [1.82, 2.24) is 5.32 Å². The quantitative estimate of drug-likeness (QED) is 0.872. The van der Waals surface area contributed by atoms with Gasteiger partial charge in [0.1, 0.15) is 0 Å². The van der Waals surface area contributed by atoms with E-state index in [1.54, 1.807) is 11.3 Å². The highest BCUT2D eigenvalue weighted by Crippen LogP contribution is 2.21. The van der Waals surface area contributed by atoms with E-state index in [0.29, 0.717) is 13.0 Å². The van der Waals surface area contributed by atoms with Gasteiger partial charge in [0.25, 0.3) is 0 Å². The van der Waals surface area contributed by atoms with Crippen LogP contribution in [0, 0.1) is 0 Å². The number of rotatable bonds is 3. The fourth-order valence-corrected chi connectivity index (χ4v) is 2.31. The summed E-state index contributed by atoms with van der Waals surface area (Å²) in [7, 11) is 0. The van der Waals surface area contributed by atoms with Gasteiger partial charge in [0.05, 0.1) is 6.42 Å². The van der Waals surface area contributed by atoms with Gasteiger partial charge in [-0.1, -0.05) is 0 Å². The molecular weight excluding hydrogens is 238 g/mol. The molecule has 0 saturated heterocycles. The lowest BCUT2D eigenvalue weighted by molar-refractivity contribution is -0.120. The Balaban J connectivity index is 2.52. The van der Waals surface area contributed by atoms with Crippen LogP contribution in [-0.4, -0.2) is 12.5 Å². The van der Waals surface area contributed by atoms with Gasteiger partial charge < -0.3 is 5.32 Å². The highest BCUT2D eigenvalue weighted by molar-refractivity contribution is 9.10. The zero-order valence-electron chi connectivity index (χ0n) is 6.76. The lowest BCUT2D eigenvalue weighted by Crippen LogP contribution is -2.24. The van der Waals surface area contributed by atoms with Crippen molar-refractivity contribution in [3.63, 3.8) is 0 Å². The van der Waals surface area contributed by atoms with Gasteiger partial charge in [-0.05, 0) is 33.8 Å². The topological polar surface area (TPSA) is 29.1 Å². The maximum atomic E-state index is 11.1. The van der Waals surface area contributed by atoms with Crippen molar-refractivity contribution in [2.45, 2.75) is 13.3 Å². The van der Waals surface area contributed by atoms with Crippen LogP contribution >= 0.6 is 27.3 Å². The molecule has 0 aliphatic heterocycles. The molecule has 0 bridgehead atoms. The third kappa shape index (κ3) is 2.60. The van der Waals surface area contributed by atoms with Crippen molar-refractivity contribution < 1.29 is 4.79 Å². The average Bonchev–Trinajstić information content (AvgIpc) is 2.37. The minimum atomic E-state index is 0.0802. The Kier molecular flexibility index (Phi) is 3.75. The first-order chi connectivity index (χ1) is 5.74. The first-order valence-electron chi connectivity index (χ1n) is 3.71. The highest BCUT2D eigenvalue weighted by Gasteiger charge is 2.05. The number of nitrogens with one attached hydrogen (secondary N) is 1. The smallest absolute Gasteiger partial charge is 0.224 e. The molecule has 1 aromatic rings. The summed E-state index contributed by atoms with van der Waals surface area (Å²) in [5.74, 6) is 0.0802. The molecule has 1 rings (SSSR count). The fourth-order valence-electron chi connectivity index (χ4n) is 0.867. The minimum Gasteiger partial charge on any atom is -0.356 e. The van der Waals surface area contributed by atoms with Crippen molar-refractivity contribution >= 4 is 33.2 Å². The van der Waals surface area contributed by atoms with Gasteiger partial charge >= 0.3 is 0 Å². The van der Waals surface area contributed by atoms with Crippen LogP contribution in [0.15, 0.2) is 15.2 Å². The molecule has 0 spiro atoms. The van der Waals surface area contributed by atoms with E-state index in [2.05, 4.69) is 21.2 Å². The minimum absolute atomic E-state index is 0.0802. The summed E-state index contributed by atoms with van der Waals surface area (Å²) >= 11 is 4.98. The van der Waals surface area contributed by atoms with E-state index in [1.807, 2.05) is 17.7 Å². The zero-order chi connectivity index (χ0) is 8.97. The Morgan fingerprint density at radius 2 is 2.42 bits per heavy atom. The van der Waals surface area contributed by atoms with Gasteiger partial charge in [0, 0.05) is 16.4 Å². The van der Waals surface area contributed by atoms with Crippen LogP contribution in [0.5, 0.6) is 0 Å². The van der Waals surface area contributed by atoms with E-state index < -0.39 is 0 Å². The van der Waals surface area contributed by atoms with Gasteiger partial charge in [0.15, 0.2) is 0 Å².